The highest BCUT2D eigenvalue weighted by atomic mass is 19.2. The Hall–Kier alpha value is -2.50. The standard InChI is InChI=1S/C14H11F2NO3/c1-8(18)10-5-13(14(19)20)17(7-10)6-9-2-3-11(15)12(16)4-9/h2-5,7H,6H2,1H3,(H,19,20). The van der Waals surface area contributed by atoms with Gasteiger partial charge in [-0.3, -0.25) is 4.79 Å². The lowest BCUT2D eigenvalue weighted by atomic mass is 10.2. The Bertz CT molecular complexity index is 692. The first-order valence-electron chi connectivity index (χ1n) is 5.77. The van der Waals surface area contributed by atoms with Crippen LogP contribution in [0.4, 0.5) is 8.78 Å². The van der Waals surface area contributed by atoms with Crippen molar-refractivity contribution in [3.05, 3.63) is 58.9 Å². The first kappa shape index (κ1) is 13.9. The van der Waals surface area contributed by atoms with Crippen LogP contribution < -0.4 is 0 Å². The molecule has 1 N–H and O–H groups in total. The average molecular weight is 279 g/mol. The summed E-state index contributed by atoms with van der Waals surface area (Å²) in [4.78, 5) is 22.4. The summed E-state index contributed by atoms with van der Waals surface area (Å²) in [6.45, 7) is 1.36. The van der Waals surface area contributed by atoms with E-state index in [0.29, 0.717) is 5.56 Å². The highest BCUT2D eigenvalue weighted by Crippen LogP contribution is 2.15. The van der Waals surface area contributed by atoms with Crippen LogP contribution in [0.15, 0.2) is 30.5 Å². The molecule has 0 atom stereocenters. The predicted octanol–water partition coefficient (Wildman–Crippen LogP) is 2.72. The third-order valence-corrected chi connectivity index (χ3v) is 2.86. The van der Waals surface area contributed by atoms with Gasteiger partial charge in [0.25, 0.3) is 0 Å². The number of carboxylic acid groups (broad SMARTS) is 1. The molecule has 104 valence electrons. The number of hydrogen-bond donors (Lipinski definition) is 1. The number of ketones is 1. The van der Waals surface area contributed by atoms with E-state index in [1.165, 1.54) is 29.8 Å². The molecule has 1 heterocycles. The van der Waals surface area contributed by atoms with E-state index in [2.05, 4.69) is 0 Å². The van der Waals surface area contributed by atoms with Crippen molar-refractivity contribution in [1.82, 2.24) is 4.57 Å². The maximum absolute atomic E-state index is 13.1. The summed E-state index contributed by atoms with van der Waals surface area (Å²) in [5.41, 5.74) is 0.571. The van der Waals surface area contributed by atoms with Gasteiger partial charge in [-0.05, 0) is 30.7 Å². The zero-order chi connectivity index (χ0) is 14.9. The van der Waals surface area contributed by atoms with Crippen LogP contribution >= 0.6 is 0 Å². The normalized spacial score (nSPS) is 10.6. The van der Waals surface area contributed by atoms with Crippen molar-refractivity contribution in [3.8, 4) is 0 Å². The van der Waals surface area contributed by atoms with Crippen LogP contribution in [0.2, 0.25) is 0 Å². The molecule has 6 heteroatoms. The fourth-order valence-corrected chi connectivity index (χ4v) is 1.85. The lowest BCUT2D eigenvalue weighted by Gasteiger charge is -2.06. The van der Waals surface area contributed by atoms with Gasteiger partial charge < -0.3 is 9.67 Å². The molecule has 4 nitrogen and oxygen atoms in total. The molecule has 0 unspecified atom stereocenters. The first-order valence-corrected chi connectivity index (χ1v) is 5.77. The van der Waals surface area contributed by atoms with Gasteiger partial charge in [-0.15, -0.1) is 0 Å². The molecule has 1 aromatic heterocycles. The molecule has 0 spiro atoms. The smallest absolute Gasteiger partial charge is 0.352 e. The number of rotatable bonds is 4. The van der Waals surface area contributed by atoms with Gasteiger partial charge in [0.1, 0.15) is 5.69 Å². The van der Waals surface area contributed by atoms with Gasteiger partial charge >= 0.3 is 5.97 Å². The number of carbonyl (C=O) groups is 2. The second-order valence-corrected chi connectivity index (χ2v) is 4.35. The SMILES string of the molecule is CC(=O)c1cc(C(=O)O)n(Cc2ccc(F)c(F)c2)c1. The summed E-state index contributed by atoms with van der Waals surface area (Å²) >= 11 is 0. The summed E-state index contributed by atoms with van der Waals surface area (Å²) in [5, 5.41) is 9.07. The summed E-state index contributed by atoms with van der Waals surface area (Å²) in [7, 11) is 0. The highest BCUT2D eigenvalue weighted by Gasteiger charge is 2.15. The molecule has 0 aliphatic heterocycles. The number of aromatic carboxylic acids is 1. The van der Waals surface area contributed by atoms with Crippen LogP contribution in [-0.4, -0.2) is 21.4 Å². The van der Waals surface area contributed by atoms with Crippen LogP contribution in [0.3, 0.4) is 0 Å². The molecule has 2 rings (SSSR count). The summed E-state index contributed by atoms with van der Waals surface area (Å²) < 4.78 is 27.3. The number of benzene rings is 1. The quantitative estimate of drug-likeness (QED) is 0.875. The Morgan fingerprint density at radius 2 is 1.90 bits per heavy atom. The number of Topliss-reactive ketones (excluding diaryl/α,β-unsaturated/α-hetero) is 1. The van der Waals surface area contributed by atoms with Gasteiger partial charge in [-0.2, -0.15) is 0 Å². The molecule has 0 fully saturated rings. The molecule has 2 aromatic rings. The molecule has 1 aromatic carbocycles. The van der Waals surface area contributed by atoms with E-state index in [1.54, 1.807) is 0 Å². The molecular formula is C14H11F2NO3. The van der Waals surface area contributed by atoms with E-state index in [9.17, 15) is 18.4 Å². The molecule has 0 bridgehead atoms. The van der Waals surface area contributed by atoms with E-state index in [-0.39, 0.29) is 23.6 Å². The van der Waals surface area contributed by atoms with Crippen molar-refractivity contribution in [3.63, 3.8) is 0 Å². The lowest BCUT2D eigenvalue weighted by molar-refractivity contribution is 0.0685. The van der Waals surface area contributed by atoms with E-state index < -0.39 is 17.6 Å². The number of halogens is 2. The number of carboxylic acids is 1. The monoisotopic (exact) mass is 279 g/mol. The summed E-state index contributed by atoms with van der Waals surface area (Å²) in [6, 6.07) is 4.58. The van der Waals surface area contributed by atoms with E-state index in [4.69, 9.17) is 5.11 Å². The molecule has 0 aliphatic rings. The van der Waals surface area contributed by atoms with E-state index >= 15 is 0 Å². The van der Waals surface area contributed by atoms with Crippen LogP contribution in [0.25, 0.3) is 0 Å². The molecule has 0 amide bonds. The van der Waals surface area contributed by atoms with Crippen molar-refractivity contribution >= 4 is 11.8 Å². The summed E-state index contributed by atoms with van der Waals surface area (Å²) in [6.07, 6.45) is 1.38. The van der Waals surface area contributed by atoms with Crippen LogP contribution in [-0.2, 0) is 6.54 Å². The predicted molar refractivity (Wildman–Crippen MR) is 66.9 cm³/mol. The largest absolute Gasteiger partial charge is 0.477 e. The minimum Gasteiger partial charge on any atom is -0.477 e. The second-order valence-electron chi connectivity index (χ2n) is 4.35. The topological polar surface area (TPSA) is 59.3 Å². The van der Waals surface area contributed by atoms with Gasteiger partial charge in [0.2, 0.25) is 0 Å². The number of aromatic nitrogens is 1. The van der Waals surface area contributed by atoms with E-state index in [0.717, 1.165) is 12.1 Å². The average Bonchev–Trinajstić information content (AvgIpc) is 2.78. The van der Waals surface area contributed by atoms with Crippen molar-refractivity contribution < 1.29 is 23.5 Å². The maximum Gasteiger partial charge on any atom is 0.352 e. The van der Waals surface area contributed by atoms with Crippen molar-refractivity contribution in [1.29, 1.82) is 0 Å². The molecular weight excluding hydrogens is 268 g/mol. The highest BCUT2D eigenvalue weighted by molar-refractivity contribution is 5.97. The van der Waals surface area contributed by atoms with Crippen LogP contribution in [0.5, 0.6) is 0 Å². The van der Waals surface area contributed by atoms with Gasteiger partial charge in [0.05, 0.1) is 0 Å². The van der Waals surface area contributed by atoms with Gasteiger partial charge in [-0.1, -0.05) is 6.07 Å². The van der Waals surface area contributed by atoms with Gasteiger partial charge in [0.15, 0.2) is 17.4 Å². The molecule has 0 saturated carbocycles. The van der Waals surface area contributed by atoms with E-state index in [1.807, 2.05) is 0 Å². The fraction of sp³-hybridized carbons (Fsp3) is 0.143. The van der Waals surface area contributed by atoms with Crippen molar-refractivity contribution in [2.24, 2.45) is 0 Å². The summed E-state index contributed by atoms with van der Waals surface area (Å²) in [5.74, 6) is -3.43. The Morgan fingerprint density at radius 3 is 2.45 bits per heavy atom. The molecule has 20 heavy (non-hydrogen) atoms. The number of nitrogens with zero attached hydrogens (tertiary/aromatic N) is 1. The Kier molecular flexibility index (Phi) is 3.65. The van der Waals surface area contributed by atoms with Crippen LogP contribution in [0, 0.1) is 11.6 Å². The Labute approximate surface area is 113 Å². The third kappa shape index (κ3) is 2.74. The zero-order valence-corrected chi connectivity index (χ0v) is 10.6. The minimum atomic E-state index is -1.19. The van der Waals surface area contributed by atoms with Crippen LogP contribution in [0.1, 0.15) is 33.3 Å². The first-order chi connectivity index (χ1) is 9.38. The van der Waals surface area contributed by atoms with Crippen molar-refractivity contribution in [2.75, 3.05) is 0 Å². The minimum absolute atomic E-state index is 0.0338. The number of carbonyl (C=O) groups excluding carboxylic acids is 1. The zero-order valence-electron chi connectivity index (χ0n) is 10.6. The molecule has 0 radical (unpaired) electrons. The fourth-order valence-electron chi connectivity index (χ4n) is 1.85. The Balaban J connectivity index is 2.39. The third-order valence-electron chi connectivity index (χ3n) is 2.86. The van der Waals surface area contributed by atoms with Crippen molar-refractivity contribution in [2.45, 2.75) is 13.5 Å². The molecule has 0 aliphatic carbocycles. The second kappa shape index (κ2) is 5.24. The molecule has 0 saturated heterocycles. The van der Waals surface area contributed by atoms with Gasteiger partial charge in [-0.25, -0.2) is 13.6 Å². The lowest BCUT2D eigenvalue weighted by Crippen LogP contribution is -2.08. The number of hydrogen-bond acceptors (Lipinski definition) is 2. The Morgan fingerprint density at radius 1 is 1.20 bits per heavy atom. The maximum atomic E-state index is 13.1. The van der Waals surface area contributed by atoms with Gasteiger partial charge in [0, 0.05) is 18.3 Å².